The number of ether oxygens (including phenoxy) is 2. The van der Waals surface area contributed by atoms with Crippen LogP contribution >= 0.6 is 0 Å². The lowest BCUT2D eigenvalue weighted by Gasteiger charge is -2.08. The molecule has 0 atom stereocenters. The molecule has 0 spiro atoms. The molecule has 106 valence electrons. The normalized spacial score (nSPS) is 10.2. The highest BCUT2D eigenvalue weighted by molar-refractivity contribution is 5.92. The van der Waals surface area contributed by atoms with Gasteiger partial charge in [0, 0.05) is 0 Å². The number of hydrogen-bond donors (Lipinski definition) is 1. The van der Waals surface area contributed by atoms with E-state index in [1.807, 2.05) is 0 Å². The average Bonchev–Trinajstić information content (AvgIpc) is 2.43. The molecule has 1 rings (SSSR count). The van der Waals surface area contributed by atoms with E-state index >= 15 is 0 Å². The molecule has 0 radical (unpaired) electrons. The van der Waals surface area contributed by atoms with Crippen LogP contribution in [0.3, 0.4) is 0 Å². The van der Waals surface area contributed by atoms with Crippen LogP contribution in [-0.2, 0) is 4.74 Å². The zero-order chi connectivity index (χ0) is 14.1. The number of benzene rings is 1. The van der Waals surface area contributed by atoms with Crippen LogP contribution in [0.5, 0.6) is 11.5 Å². The molecular weight excluding hydrogens is 244 g/mol. The largest absolute Gasteiger partial charge is 0.507 e. The van der Waals surface area contributed by atoms with E-state index in [0.717, 1.165) is 12.8 Å². The van der Waals surface area contributed by atoms with E-state index in [2.05, 4.69) is 11.7 Å². The molecule has 1 aromatic carbocycles. The topological polar surface area (TPSA) is 55.8 Å². The van der Waals surface area contributed by atoms with Gasteiger partial charge in [-0.05, 0) is 24.6 Å². The predicted molar refractivity (Wildman–Crippen MR) is 73.7 cm³/mol. The Morgan fingerprint density at radius 1 is 1.21 bits per heavy atom. The van der Waals surface area contributed by atoms with Gasteiger partial charge in [-0.25, -0.2) is 4.79 Å². The molecule has 0 saturated heterocycles. The van der Waals surface area contributed by atoms with E-state index in [-0.39, 0.29) is 11.3 Å². The molecule has 0 aliphatic heterocycles. The Bertz CT molecular complexity index is 401. The van der Waals surface area contributed by atoms with E-state index in [4.69, 9.17) is 4.74 Å². The zero-order valence-corrected chi connectivity index (χ0v) is 11.6. The third-order valence-electron chi connectivity index (χ3n) is 2.89. The summed E-state index contributed by atoms with van der Waals surface area (Å²) < 4.78 is 10.1. The number of esters is 1. The Morgan fingerprint density at radius 3 is 2.63 bits per heavy atom. The molecule has 1 N–H and O–H groups in total. The van der Waals surface area contributed by atoms with E-state index in [0.29, 0.717) is 12.4 Å². The van der Waals surface area contributed by atoms with Gasteiger partial charge in [0.05, 0.1) is 13.7 Å². The van der Waals surface area contributed by atoms with Gasteiger partial charge in [-0.3, -0.25) is 0 Å². The number of rotatable bonds is 8. The van der Waals surface area contributed by atoms with Gasteiger partial charge in [0.1, 0.15) is 17.1 Å². The summed E-state index contributed by atoms with van der Waals surface area (Å²) in [5.74, 6) is -0.0817. The van der Waals surface area contributed by atoms with Crippen LogP contribution in [0, 0.1) is 0 Å². The molecule has 4 nitrogen and oxygen atoms in total. The lowest BCUT2D eigenvalue weighted by molar-refractivity contribution is 0.0597. The molecule has 0 saturated carbocycles. The monoisotopic (exact) mass is 266 g/mol. The molecule has 0 aliphatic rings. The standard InChI is InChI=1S/C15H22O4/c1-3-4-5-6-7-10-19-12-8-9-14(16)13(11-12)15(17)18-2/h8-9,11,16H,3-7,10H2,1-2H3. The first kappa shape index (κ1) is 15.3. The van der Waals surface area contributed by atoms with Gasteiger partial charge in [-0.2, -0.15) is 0 Å². The van der Waals surface area contributed by atoms with Gasteiger partial charge in [0.15, 0.2) is 0 Å². The van der Waals surface area contributed by atoms with E-state index < -0.39 is 5.97 Å². The van der Waals surface area contributed by atoms with Gasteiger partial charge in [-0.1, -0.05) is 32.6 Å². The van der Waals surface area contributed by atoms with Crippen LogP contribution in [0.1, 0.15) is 49.4 Å². The smallest absolute Gasteiger partial charge is 0.341 e. The van der Waals surface area contributed by atoms with E-state index in [1.165, 1.54) is 38.5 Å². The fourth-order valence-corrected chi connectivity index (χ4v) is 1.77. The van der Waals surface area contributed by atoms with E-state index in [9.17, 15) is 9.90 Å². The number of unbranched alkanes of at least 4 members (excludes halogenated alkanes) is 4. The SMILES string of the molecule is CCCCCCCOc1ccc(O)c(C(=O)OC)c1. The maximum Gasteiger partial charge on any atom is 0.341 e. The minimum absolute atomic E-state index is 0.0952. The highest BCUT2D eigenvalue weighted by atomic mass is 16.5. The van der Waals surface area contributed by atoms with Crippen LogP contribution in [0.2, 0.25) is 0 Å². The lowest BCUT2D eigenvalue weighted by Crippen LogP contribution is -2.03. The highest BCUT2D eigenvalue weighted by Crippen LogP contribution is 2.23. The Hall–Kier alpha value is -1.71. The van der Waals surface area contributed by atoms with E-state index in [1.54, 1.807) is 6.07 Å². The Labute approximate surface area is 114 Å². The summed E-state index contributed by atoms with van der Waals surface area (Å²) in [4.78, 5) is 11.4. The Kier molecular flexibility index (Phi) is 6.79. The van der Waals surface area contributed by atoms with Crippen LogP contribution in [0.4, 0.5) is 0 Å². The first-order valence-electron chi connectivity index (χ1n) is 6.73. The van der Waals surface area contributed by atoms with Crippen molar-refractivity contribution in [3.63, 3.8) is 0 Å². The molecule has 0 aliphatic carbocycles. The first-order chi connectivity index (χ1) is 9.19. The van der Waals surface area contributed by atoms with Crippen LogP contribution < -0.4 is 4.74 Å². The van der Waals surface area contributed by atoms with Crippen LogP contribution in [-0.4, -0.2) is 24.8 Å². The third-order valence-corrected chi connectivity index (χ3v) is 2.89. The van der Waals surface area contributed by atoms with Crippen molar-refractivity contribution in [1.82, 2.24) is 0 Å². The van der Waals surface area contributed by atoms with Crippen molar-refractivity contribution in [3.8, 4) is 11.5 Å². The van der Waals surface area contributed by atoms with Crippen molar-refractivity contribution in [1.29, 1.82) is 0 Å². The molecule has 0 unspecified atom stereocenters. The number of methoxy groups -OCH3 is 1. The van der Waals surface area contributed by atoms with Gasteiger partial charge in [0.25, 0.3) is 0 Å². The van der Waals surface area contributed by atoms with Crippen molar-refractivity contribution in [2.24, 2.45) is 0 Å². The van der Waals surface area contributed by atoms with Gasteiger partial charge in [-0.15, -0.1) is 0 Å². The van der Waals surface area contributed by atoms with Crippen molar-refractivity contribution < 1.29 is 19.4 Å². The minimum atomic E-state index is -0.564. The Balaban J connectivity index is 2.44. The molecule has 0 amide bonds. The first-order valence-corrected chi connectivity index (χ1v) is 6.73. The molecule has 0 fully saturated rings. The summed E-state index contributed by atoms with van der Waals surface area (Å²) >= 11 is 0. The van der Waals surface area contributed by atoms with Crippen molar-refractivity contribution >= 4 is 5.97 Å². The number of phenolic OH excluding ortho intramolecular Hbond substituents is 1. The van der Waals surface area contributed by atoms with Crippen molar-refractivity contribution in [2.75, 3.05) is 13.7 Å². The molecule has 0 bridgehead atoms. The zero-order valence-electron chi connectivity index (χ0n) is 11.6. The van der Waals surface area contributed by atoms with Gasteiger partial charge < -0.3 is 14.6 Å². The van der Waals surface area contributed by atoms with Crippen LogP contribution in [0.15, 0.2) is 18.2 Å². The minimum Gasteiger partial charge on any atom is -0.507 e. The van der Waals surface area contributed by atoms with Crippen molar-refractivity contribution in [2.45, 2.75) is 39.0 Å². The molecule has 1 aromatic rings. The quantitative estimate of drug-likeness (QED) is 0.577. The van der Waals surface area contributed by atoms with Crippen molar-refractivity contribution in [3.05, 3.63) is 23.8 Å². The molecule has 19 heavy (non-hydrogen) atoms. The van der Waals surface area contributed by atoms with Gasteiger partial charge in [0.2, 0.25) is 0 Å². The summed E-state index contributed by atoms with van der Waals surface area (Å²) in [6.07, 6.45) is 5.85. The number of phenols is 1. The van der Waals surface area contributed by atoms with Gasteiger partial charge >= 0.3 is 5.97 Å². The predicted octanol–water partition coefficient (Wildman–Crippen LogP) is 3.53. The maximum absolute atomic E-state index is 11.4. The Morgan fingerprint density at radius 2 is 1.95 bits per heavy atom. The molecule has 0 heterocycles. The number of hydrogen-bond acceptors (Lipinski definition) is 4. The second-order valence-corrected chi connectivity index (χ2v) is 4.43. The third kappa shape index (κ3) is 5.20. The molecule has 4 heteroatoms. The summed E-state index contributed by atoms with van der Waals surface area (Å²) in [7, 11) is 1.28. The number of aromatic hydroxyl groups is 1. The second kappa shape index (κ2) is 8.40. The fourth-order valence-electron chi connectivity index (χ4n) is 1.77. The average molecular weight is 266 g/mol. The highest BCUT2D eigenvalue weighted by Gasteiger charge is 2.12. The summed E-state index contributed by atoms with van der Waals surface area (Å²) in [6.45, 7) is 2.80. The number of carbonyl (C=O) groups excluding carboxylic acids is 1. The molecular formula is C15H22O4. The summed E-state index contributed by atoms with van der Waals surface area (Å²) in [5.41, 5.74) is 0.131. The summed E-state index contributed by atoms with van der Waals surface area (Å²) in [6, 6.07) is 4.60. The second-order valence-electron chi connectivity index (χ2n) is 4.43. The maximum atomic E-state index is 11.4. The lowest BCUT2D eigenvalue weighted by atomic mass is 10.1. The van der Waals surface area contributed by atoms with Crippen LogP contribution in [0.25, 0.3) is 0 Å². The summed E-state index contributed by atoms with van der Waals surface area (Å²) in [5, 5.41) is 9.55. The molecule has 0 aromatic heterocycles. The number of carbonyl (C=O) groups is 1. The fraction of sp³-hybridized carbons (Fsp3) is 0.533.